The number of carbonyl (C=O) groups is 1. The van der Waals surface area contributed by atoms with Gasteiger partial charge in [-0.2, -0.15) is 0 Å². The van der Waals surface area contributed by atoms with E-state index in [9.17, 15) is 4.79 Å². The molecule has 0 atom stereocenters. The van der Waals surface area contributed by atoms with E-state index in [1.807, 2.05) is 48.0 Å². The molecule has 0 aromatic heterocycles. The predicted molar refractivity (Wildman–Crippen MR) is 91.3 cm³/mol. The lowest BCUT2D eigenvalue weighted by Gasteiger charge is -2.32. The first kappa shape index (κ1) is 18.5. The third kappa shape index (κ3) is 6.06. The molecule has 1 amide bonds. The molecule has 0 aliphatic carbocycles. The molecule has 4 heteroatoms. The fraction of sp³-hybridized carbons (Fsp3) is 0.611. The number of ether oxygens (including phenoxy) is 1. The Bertz CT molecular complexity index is 464. The molecule has 1 aromatic carbocycles. The van der Waals surface area contributed by atoms with Crippen molar-refractivity contribution in [3.05, 3.63) is 29.8 Å². The van der Waals surface area contributed by atoms with E-state index in [-0.39, 0.29) is 18.0 Å². The van der Waals surface area contributed by atoms with Crippen molar-refractivity contribution in [3.8, 4) is 5.75 Å². The molecule has 4 nitrogen and oxygen atoms in total. The molecule has 124 valence electrons. The van der Waals surface area contributed by atoms with Crippen LogP contribution < -0.4 is 4.74 Å². The fourth-order valence-electron chi connectivity index (χ4n) is 2.59. The summed E-state index contributed by atoms with van der Waals surface area (Å²) in [5, 5.41) is 0. The van der Waals surface area contributed by atoms with Crippen molar-refractivity contribution in [1.82, 2.24) is 9.80 Å². The number of aryl methyl sites for hydroxylation is 1. The van der Waals surface area contributed by atoms with Gasteiger partial charge in [-0.25, -0.2) is 0 Å². The Labute approximate surface area is 135 Å². The van der Waals surface area contributed by atoms with Gasteiger partial charge >= 0.3 is 0 Å². The second-order valence-electron chi connectivity index (χ2n) is 6.39. The van der Waals surface area contributed by atoms with Gasteiger partial charge in [0.25, 0.3) is 0 Å². The van der Waals surface area contributed by atoms with Crippen molar-refractivity contribution in [3.63, 3.8) is 0 Å². The van der Waals surface area contributed by atoms with E-state index < -0.39 is 0 Å². The summed E-state index contributed by atoms with van der Waals surface area (Å²) in [4.78, 5) is 16.3. The highest BCUT2D eigenvalue weighted by atomic mass is 16.5. The monoisotopic (exact) mass is 306 g/mol. The lowest BCUT2D eigenvalue weighted by atomic mass is 10.2. The topological polar surface area (TPSA) is 32.8 Å². The Kier molecular flexibility index (Phi) is 7.39. The summed E-state index contributed by atoms with van der Waals surface area (Å²) in [6.07, 6.45) is 0. The van der Waals surface area contributed by atoms with Crippen LogP contribution in [0.4, 0.5) is 0 Å². The summed E-state index contributed by atoms with van der Waals surface area (Å²) in [6, 6.07) is 8.46. The molecular formula is C18H30N2O2. The van der Waals surface area contributed by atoms with E-state index in [0.29, 0.717) is 13.2 Å². The number of rotatable bonds is 8. The predicted octanol–water partition coefficient (Wildman–Crippen LogP) is 2.95. The van der Waals surface area contributed by atoms with Gasteiger partial charge in [-0.3, -0.25) is 9.69 Å². The first-order valence-corrected chi connectivity index (χ1v) is 8.00. The van der Waals surface area contributed by atoms with Crippen LogP contribution in [0.15, 0.2) is 24.3 Å². The van der Waals surface area contributed by atoms with E-state index in [2.05, 4.69) is 27.7 Å². The molecule has 0 N–H and O–H groups in total. The maximum atomic E-state index is 12.4. The summed E-state index contributed by atoms with van der Waals surface area (Å²) in [5.41, 5.74) is 1.19. The smallest absolute Gasteiger partial charge is 0.237 e. The van der Waals surface area contributed by atoms with Crippen LogP contribution in [-0.4, -0.2) is 54.5 Å². The number of nitrogens with zero attached hydrogens (tertiary/aromatic N) is 2. The normalized spacial score (nSPS) is 11.3. The molecule has 0 fully saturated rings. The lowest BCUT2D eigenvalue weighted by molar-refractivity contribution is -0.135. The van der Waals surface area contributed by atoms with E-state index in [0.717, 1.165) is 12.3 Å². The van der Waals surface area contributed by atoms with E-state index >= 15 is 0 Å². The Morgan fingerprint density at radius 3 is 2.36 bits per heavy atom. The van der Waals surface area contributed by atoms with Crippen molar-refractivity contribution in [2.24, 2.45) is 0 Å². The van der Waals surface area contributed by atoms with Crippen LogP contribution in [0.25, 0.3) is 0 Å². The van der Waals surface area contributed by atoms with Gasteiger partial charge in [0.05, 0.1) is 6.54 Å². The minimum Gasteiger partial charge on any atom is -0.492 e. The van der Waals surface area contributed by atoms with Crippen molar-refractivity contribution in [1.29, 1.82) is 0 Å². The van der Waals surface area contributed by atoms with Crippen molar-refractivity contribution >= 4 is 5.91 Å². The molecule has 0 aliphatic heterocycles. The van der Waals surface area contributed by atoms with Gasteiger partial charge < -0.3 is 9.64 Å². The molecule has 0 aliphatic rings. The number of hydrogen-bond acceptors (Lipinski definition) is 3. The van der Waals surface area contributed by atoms with E-state index in [4.69, 9.17) is 4.74 Å². The largest absolute Gasteiger partial charge is 0.492 e. The van der Waals surface area contributed by atoms with Gasteiger partial charge in [0, 0.05) is 18.6 Å². The number of likely N-dealkylation sites (N-methyl/N-ethyl adjacent to an activating group) is 1. The molecule has 0 saturated carbocycles. The maximum Gasteiger partial charge on any atom is 0.237 e. The van der Waals surface area contributed by atoms with Crippen LogP contribution in [-0.2, 0) is 4.79 Å². The van der Waals surface area contributed by atoms with Gasteiger partial charge in [-0.1, -0.05) is 12.1 Å². The quantitative estimate of drug-likeness (QED) is 0.740. The Balaban J connectivity index is 2.39. The number of carbonyl (C=O) groups excluding carboxylic acids is 1. The minimum atomic E-state index is 0.169. The van der Waals surface area contributed by atoms with Gasteiger partial charge in [0.2, 0.25) is 5.91 Å². The first-order valence-electron chi connectivity index (χ1n) is 8.00. The Morgan fingerprint density at radius 2 is 1.82 bits per heavy atom. The van der Waals surface area contributed by atoms with Crippen LogP contribution in [0.1, 0.15) is 33.3 Å². The molecule has 1 rings (SSSR count). The number of hydrogen-bond donors (Lipinski definition) is 0. The second kappa shape index (κ2) is 8.79. The highest BCUT2D eigenvalue weighted by Crippen LogP contribution is 2.12. The average Bonchev–Trinajstić information content (AvgIpc) is 2.37. The molecular weight excluding hydrogens is 276 g/mol. The molecule has 0 spiro atoms. The zero-order valence-electron chi connectivity index (χ0n) is 14.8. The molecule has 0 heterocycles. The summed E-state index contributed by atoms with van der Waals surface area (Å²) < 4.78 is 5.73. The Morgan fingerprint density at radius 1 is 1.18 bits per heavy atom. The van der Waals surface area contributed by atoms with E-state index in [1.165, 1.54) is 5.56 Å². The summed E-state index contributed by atoms with van der Waals surface area (Å²) >= 11 is 0. The third-order valence-corrected chi connectivity index (χ3v) is 3.54. The zero-order valence-corrected chi connectivity index (χ0v) is 14.8. The van der Waals surface area contributed by atoms with Crippen molar-refractivity contribution in [2.45, 2.75) is 46.7 Å². The van der Waals surface area contributed by atoms with Crippen LogP contribution in [0, 0.1) is 6.92 Å². The van der Waals surface area contributed by atoms with Crippen LogP contribution >= 0.6 is 0 Å². The van der Waals surface area contributed by atoms with Gasteiger partial charge in [0.15, 0.2) is 0 Å². The highest BCUT2D eigenvalue weighted by molar-refractivity contribution is 5.78. The van der Waals surface area contributed by atoms with Crippen LogP contribution in [0.5, 0.6) is 5.75 Å². The van der Waals surface area contributed by atoms with Crippen LogP contribution in [0.2, 0.25) is 0 Å². The van der Waals surface area contributed by atoms with Crippen molar-refractivity contribution < 1.29 is 9.53 Å². The van der Waals surface area contributed by atoms with Gasteiger partial charge in [-0.15, -0.1) is 0 Å². The SMILES string of the molecule is Cc1cccc(OCCN(C)CC(=O)N(C(C)C)C(C)C)c1. The van der Waals surface area contributed by atoms with E-state index in [1.54, 1.807) is 0 Å². The molecule has 0 bridgehead atoms. The average molecular weight is 306 g/mol. The van der Waals surface area contributed by atoms with Gasteiger partial charge in [-0.05, 0) is 59.4 Å². The summed E-state index contributed by atoms with van der Waals surface area (Å²) in [5.74, 6) is 1.05. The molecule has 0 radical (unpaired) electrons. The minimum absolute atomic E-state index is 0.169. The highest BCUT2D eigenvalue weighted by Gasteiger charge is 2.20. The molecule has 0 saturated heterocycles. The molecule has 1 aromatic rings. The second-order valence-corrected chi connectivity index (χ2v) is 6.39. The van der Waals surface area contributed by atoms with Gasteiger partial charge in [0.1, 0.15) is 12.4 Å². The summed E-state index contributed by atoms with van der Waals surface area (Å²) in [7, 11) is 1.95. The lowest BCUT2D eigenvalue weighted by Crippen LogP contribution is -2.47. The first-order chi connectivity index (χ1) is 10.3. The van der Waals surface area contributed by atoms with Crippen molar-refractivity contribution in [2.75, 3.05) is 26.7 Å². The standard InChI is InChI=1S/C18H30N2O2/c1-14(2)20(15(3)4)18(21)13-19(6)10-11-22-17-9-7-8-16(5)12-17/h7-9,12,14-15H,10-11,13H2,1-6H3. The summed E-state index contributed by atoms with van der Waals surface area (Å²) in [6.45, 7) is 12.0. The third-order valence-electron chi connectivity index (χ3n) is 3.54. The van der Waals surface area contributed by atoms with Crippen LogP contribution in [0.3, 0.4) is 0 Å². The maximum absolute atomic E-state index is 12.4. The number of benzene rings is 1. The fourth-order valence-corrected chi connectivity index (χ4v) is 2.59. The molecule has 0 unspecified atom stereocenters. The Hall–Kier alpha value is -1.55. The number of amides is 1. The molecule has 22 heavy (non-hydrogen) atoms. The zero-order chi connectivity index (χ0) is 16.7.